The lowest BCUT2D eigenvalue weighted by Gasteiger charge is -2.09. The Labute approximate surface area is 185 Å². The molecule has 0 saturated carbocycles. The van der Waals surface area contributed by atoms with Crippen LogP contribution in [0.15, 0.2) is 70.0 Å². The molecule has 32 heavy (non-hydrogen) atoms. The smallest absolute Gasteiger partial charge is 0.267 e. The van der Waals surface area contributed by atoms with Gasteiger partial charge in [-0.1, -0.05) is 5.16 Å². The van der Waals surface area contributed by atoms with Crippen molar-refractivity contribution in [3.05, 3.63) is 76.9 Å². The van der Waals surface area contributed by atoms with Crippen molar-refractivity contribution in [2.24, 2.45) is 0 Å². The van der Waals surface area contributed by atoms with Crippen molar-refractivity contribution in [2.45, 2.75) is 33.4 Å². The van der Waals surface area contributed by atoms with Gasteiger partial charge in [-0.15, -0.1) is 0 Å². The number of aromatic nitrogens is 4. The van der Waals surface area contributed by atoms with E-state index in [9.17, 15) is 4.79 Å². The summed E-state index contributed by atoms with van der Waals surface area (Å²) < 4.78 is 17.8. The molecule has 4 aromatic rings. The predicted molar refractivity (Wildman–Crippen MR) is 120 cm³/mol. The average Bonchev–Trinajstić information content (AvgIpc) is 3.25. The van der Waals surface area contributed by atoms with Gasteiger partial charge in [0.1, 0.15) is 18.0 Å². The molecule has 0 spiro atoms. The molecule has 0 aliphatic rings. The van der Waals surface area contributed by atoms with E-state index in [-0.39, 0.29) is 18.2 Å². The van der Waals surface area contributed by atoms with Crippen molar-refractivity contribution in [1.29, 1.82) is 0 Å². The van der Waals surface area contributed by atoms with Gasteiger partial charge in [0.05, 0.1) is 18.4 Å². The van der Waals surface area contributed by atoms with Crippen molar-refractivity contribution in [2.75, 3.05) is 6.61 Å². The minimum Gasteiger partial charge on any atom is -0.494 e. The molecule has 4 rings (SSSR count). The molecule has 2 aromatic carbocycles. The first kappa shape index (κ1) is 21.3. The van der Waals surface area contributed by atoms with Crippen LogP contribution in [0.25, 0.3) is 22.6 Å². The van der Waals surface area contributed by atoms with Crippen LogP contribution >= 0.6 is 0 Å². The van der Waals surface area contributed by atoms with Gasteiger partial charge in [-0.05, 0) is 75.4 Å². The topological polar surface area (TPSA) is 92.3 Å². The lowest BCUT2D eigenvalue weighted by molar-refractivity contribution is 0.242. The second kappa shape index (κ2) is 9.47. The number of hydrogen-bond donors (Lipinski definition) is 0. The van der Waals surface area contributed by atoms with Crippen LogP contribution in [0.4, 0.5) is 0 Å². The lowest BCUT2D eigenvalue weighted by Crippen LogP contribution is -2.23. The standard InChI is InChI=1S/C24H24N4O4/c1-4-30-19-9-5-17(6-10-19)21-13-14-23(29)28(26-21)15-22-25-24(27-32-22)18-7-11-20(12-8-18)31-16(2)3/h5-14,16H,4,15H2,1-3H3. The summed E-state index contributed by atoms with van der Waals surface area (Å²) in [6.45, 7) is 6.56. The third kappa shape index (κ3) is 5.03. The van der Waals surface area contributed by atoms with Crippen LogP contribution < -0.4 is 15.0 Å². The third-order valence-electron chi connectivity index (χ3n) is 4.57. The molecular formula is C24H24N4O4. The van der Waals surface area contributed by atoms with Gasteiger partial charge < -0.3 is 14.0 Å². The van der Waals surface area contributed by atoms with Crippen LogP contribution in [0.5, 0.6) is 11.5 Å². The lowest BCUT2D eigenvalue weighted by atomic mass is 10.1. The van der Waals surface area contributed by atoms with Gasteiger partial charge in [0.2, 0.25) is 11.7 Å². The van der Waals surface area contributed by atoms with Crippen LogP contribution in [0.3, 0.4) is 0 Å². The van der Waals surface area contributed by atoms with Gasteiger partial charge in [0, 0.05) is 17.2 Å². The zero-order valence-electron chi connectivity index (χ0n) is 18.2. The highest BCUT2D eigenvalue weighted by molar-refractivity contribution is 5.59. The van der Waals surface area contributed by atoms with Crippen molar-refractivity contribution >= 4 is 0 Å². The Bertz CT molecular complexity index is 1230. The first-order chi connectivity index (χ1) is 15.5. The Balaban J connectivity index is 1.51. The van der Waals surface area contributed by atoms with E-state index in [0.29, 0.717) is 24.0 Å². The summed E-state index contributed by atoms with van der Waals surface area (Å²) >= 11 is 0. The Hall–Kier alpha value is -3.94. The number of benzene rings is 2. The predicted octanol–water partition coefficient (Wildman–Crippen LogP) is 4.19. The maximum Gasteiger partial charge on any atom is 0.267 e. The van der Waals surface area contributed by atoms with E-state index in [4.69, 9.17) is 14.0 Å². The van der Waals surface area contributed by atoms with E-state index in [0.717, 1.165) is 22.6 Å². The van der Waals surface area contributed by atoms with Crippen LogP contribution in [0, 0.1) is 0 Å². The summed E-state index contributed by atoms with van der Waals surface area (Å²) in [5.41, 5.74) is 2.07. The van der Waals surface area contributed by atoms with Gasteiger partial charge in [-0.3, -0.25) is 4.79 Å². The fourth-order valence-corrected chi connectivity index (χ4v) is 3.12. The normalized spacial score (nSPS) is 11.0. The van der Waals surface area contributed by atoms with E-state index in [1.54, 1.807) is 6.07 Å². The number of ether oxygens (including phenoxy) is 2. The van der Waals surface area contributed by atoms with Gasteiger partial charge in [0.15, 0.2) is 0 Å². The highest BCUT2D eigenvalue weighted by atomic mass is 16.5. The molecule has 0 aliphatic heterocycles. The zero-order valence-corrected chi connectivity index (χ0v) is 18.2. The van der Waals surface area contributed by atoms with Crippen molar-refractivity contribution in [3.63, 3.8) is 0 Å². The minimum absolute atomic E-state index is 0.0746. The van der Waals surface area contributed by atoms with Crippen LogP contribution in [-0.2, 0) is 6.54 Å². The van der Waals surface area contributed by atoms with E-state index in [2.05, 4.69) is 15.2 Å². The number of hydrogen-bond acceptors (Lipinski definition) is 7. The zero-order chi connectivity index (χ0) is 22.5. The number of nitrogens with zero attached hydrogens (tertiary/aromatic N) is 4. The van der Waals surface area contributed by atoms with Crippen molar-refractivity contribution in [1.82, 2.24) is 19.9 Å². The Morgan fingerprint density at radius 3 is 2.31 bits per heavy atom. The Kier molecular flexibility index (Phi) is 6.30. The molecule has 164 valence electrons. The van der Waals surface area contributed by atoms with Crippen molar-refractivity contribution < 1.29 is 14.0 Å². The molecule has 2 heterocycles. The maximum atomic E-state index is 12.3. The van der Waals surface area contributed by atoms with Crippen LogP contribution in [-0.4, -0.2) is 32.6 Å². The number of rotatable bonds is 8. The average molecular weight is 432 g/mol. The highest BCUT2D eigenvalue weighted by Crippen LogP contribution is 2.22. The van der Waals surface area contributed by atoms with E-state index >= 15 is 0 Å². The Morgan fingerprint density at radius 2 is 1.62 bits per heavy atom. The molecule has 0 unspecified atom stereocenters. The molecule has 8 heteroatoms. The van der Waals surface area contributed by atoms with Gasteiger partial charge in [0.25, 0.3) is 5.56 Å². The summed E-state index contributed by atoms with van der Waals surface area (Å²) in [6, 6.07) is 18.2. The second-order valence-electron chi connectivity index (χ2n) is 7.37. The molecule has 0 radical (unpaired) electrons. The molecule has 2 aromatic heterocycles. The fraction of sp³-hybridized carbons (Fsp3) is 0.250. The molecule has 0 amide bonds. The third-order valence-corrected chi connectivity index (χ3v) is 4.57. The van der Waals surface area contributed by atoms with Crippen LogP contribution in [0.2, 0.25) is 0 Å². The summed E-state index contributed by atoms with van der Waals surface area (Å²) in [6.07, 6.45) is 0.0989. The van der Waals surface area contributed by atoms with Gasteiger partial charge in [-0.2, -0.15) is 10.1 Å². The second-order valence-corrected chi connectivity index (χ2v) is 7.37. The van der Waals surface area contributed by atoms with Crippen LogP contribution in [0.1, 0.15) is 26.7 Å². The fourth-order valence-electron chi connectivity index (χ4n) is 3.12. The van der Waals surface area contributed by atoms with E-state index < -0.39 is 0 Å². The quantitative estimate of drug-likeness (QED) is 0.412. The van der Waals surface area contributed by atoms with Gasteiger partial charge in [-0.25, -0.2) is 4.68 Å². The maximum absolute atomic E-state index is 12.3. The molecule has 0 atom stereocenters. The molecule has 0 bridgehead atoms. The van der Waals surface area contributed by atoms with Crippen molar-refractivity contribution in [3.8, 4) is 34.1 Å². The summed E-state index contributed by atoms with van der Waals surface area (Å²) in [5, 5.41) is 8.48. The molecular weight excluding hydrogens is 408 g/mol. The molecule has 8 nitrogen and oxygen atoms in total. The highest BCUT2D eigenvalue weighted by Gasteiger charge is 2.12. The summed E-state index contributed by atoms with van der Waals surface area (Å²) in [5.74, 6) is 2.29. The summed E-state index contributed by atoms with van der Waals surface area (Å²) in [7, 11) is 0. The first-order valence-corrected chi connectivity index (χ1v) is 10.4. The molecule has 0 fully saturated rings. The summed E-state index contributed by atoms with van der Waals surface area (Å²) in [4.78, 5) is 16.7. The largest absolute Gasteiger partial charge is 0.494 e. The molecule has 0 saturated heterocycles. The van der Waals surface area contributed by atoms with E-state index in [1.165, 1.54) is 10.7 Å². The van der Waals surface area contributed by atoms with E-state index in [1.807, 2.05) is 69.3 Å². The Morgan fingerprint density at radius 1 is 0.938 bits per heavy atom. The van der Waals surface area contributed by atoms with Gasteiger partial charge >= 0.3 is 0 Å². The minimum atomic E-state index is -0.255. The first-order valence-electron chi connectivity index (χ1n) is 10.4. The molecule has 0 N–H and O–H groups in total. The molecule has 0 aliphatic carbocycles. The monoisotopic (exact) mass is 432 g/mol. The SMILES string of the molecule is CCOc1ccc(-c2ccc(=O)n(Cc3nc(-c4ccc(OC(C)C)cc4)no3)n2)cc1.